The first-order valence-electron chi connectivity index (χ1n) is 9.36. The van der Waals surface area contributed by atoms with Crippen LogP contribution < -0.4 is 0 Å². The van der Waals surface area contributed by atoms with E-state index in [1.165, 1.54) is 0 Å². The second kappa shape index (κ2) is 6.34. The quantitative estimate of drug-likeness (QED) is 0.578. The smallest absolute Gasteiger partial charge is 0.290 e. The van der Waals surface area contributed by atoms with Crippen molar-refractivity contribution in [3.8, 4) is 0 Å². The van der Waals surface area contributed by atoms with Gasteiger partial charge in [0.05, 0.1) is 12.0 Å². The summed E-state index contributed by atoms with van der Waals surface area (Å²) < 4.78 is 5.99. The zero-order valence-corrected chi connectivity index (χ0v) is 15.8. The van der Waals surface area contributed by atoms with Crippen LogP contribution in [0.3, 0.4) is 0 Å². The molecule has 0 saturated carbocycles. The van der Waals surface area contributed by atoms with E-state index in [0.29, 0.717) is 12.3 Å². The number of furan rings is 1. The van der Waals surface area contributed by atoms with Gasteiger partial charge in [-0.2, -0.15) is 0 Å². The Labute approximate surface area is 162 Å². The normalized spacial score (nSPS) is 16.4. The summed E-state index contributed by atoms with van der Waals surface area (Å²) in [5, 5.41) is 0.985. The molecule has 0 spiro atoms. The number of amides is 1. The van der Waals surface area contributed by atoms with Gasteiger partial charge >= 0.3 is 0 Å². The average Bonchev–Trinajstić information content (AvgIpc) is 3.32. The van der Waals surface area contributed by atoms with E-state index in [2.05, 4.69) is 21.0 Å². The van der Waals surface area contributed by atoms with E-state index in [1.807, 2.05) is 43.0 Å². The molecule has 1 atom stereocenters. The number of nitrogens with zero attached hydrogens (tertiary/aromatic N) is 3. The highest BCUT2D eigenvalue weighted by Gasteiger charge is 2.36. The molecule has 140 valence electrons. The van der Waals surface area contributed by atoms with Crippen molar-refractivity contribution in [2.75, 3.05) is 6.54 Å². The number of nitrogens with one attached hydrogen (secondary N) is 1. The number of aryl methyl sites for hydroxylation is 2. The highest BCUT2D eigenvalue weighted by Crippen LogP contribution is 2.36. The van der Waals surface area contributed by atoms with Crippen molar-refractivity contribution in [1.29, 1.82) is 0 Å². The number of benzene rings is 1. The Morgan fingerprint density at radius 3 is 3.00 bits per heavy atom. The van der Waals surface area contributed by atoms with Crippen LogP contribution in [0.1, 0.15) is 44.7 Å². The molecule has 1 unspecified atom stereocenters. The number of pyridine rings is 1. The van der Waals surface area contributed by atoms with Crippen LogP contribution in [0.2, 0.25) is 0 Å². The third kappa shape index (κ3) is 2.52. The van der Waals surface area contributed by atoms with Gasteiger partial charge in [0.15, 0.2) is 5.76 Å². The Hall–Kier alpha value is -3.41. The molecular weight excluding hydrogens is 352 g/mol. The van der Waals surface area contributed by atoms with Crippen LogP contribution >= 0.6 is 0 Å². The van der Waals surface area contributed by atoms with Crippen LogP contribution in [0.15, 0.2) is 53.5 Å². The van der Waals surface area contributed by atoms with Gasteiger partial charge in [0, 0.05) is 42.0 Å². The predicted octanol–water partition coefficient (Wildman–Crippen LogP) is 3.96. The number of H-pyrrole nitrogens is 1. The fraction of sp³-hybridized carbons (Fsp3) is 0.227. The van der Waals surface area contributed by atoms with Crippen molar-refractivity contribution >= 4 is 16.9 Å². The van der Waals surface area contributed by atoms with Crippen molar-refractivity contribution in [3.63, 3.8) is 0 Å². The highest BCUT2D eigenvalue weighted by atomic mass is 16.3. The second-order valence-corrected chi connectivity index (χ2v) is 7.26. The molecule has 4 heterocycles. The van der Waals surface area contributed by atoms with Gasteiger partial charge in [0.1, 0.15) is 11.6 Å². The first-order valence-corrected chi connectivity index (χ1v) is 9.36. The number of imidazole rings is 1. The number of carbonyl (C=O) groups excluding carboxylic acids is 1. The number of hydrogen-bond acceptors (Lipinski definition) is 4. The van der Waals surface area contributed by atoms with Gasteiger partial charge in [-0.1, -0.05) is 17.7 Å². The molecule has 1 amide bonds. The molecule has 5 rings (SSSR count). The molecule has 1 aliphatic rings. The molecule has 0 bridgehead atoms. The van der Waals surface area contributed by atoms with E-state index in [1.54, 1.807) is 18.7 Å². The molecule has 1 aromatic carbocycles. The minimum absolute atomic E-state index is 0.117. The van der Waals surface area contributed by atoms with E-state index >= 15 is 0 Å². The predicted molar refractivity (Wildman–Crippen MR) is 105 cm³/mol. The van der Waals surface area contributed by atoms with Crippen molar-refractivity contribution < 1.29 is 9.21 Å². The van der Waals surface area contributed by atoms with Gasteiger partial charge < -0.3 is 14.3 Å². The largest absolute Gasteiger partial charge is 0.451 e. The number of aromatic nitrogens is 3. The topological polar surface area (TPSA) is 75.0 Å². The summed E-state index contributed by atoms with van der Waals surface area (Å²) in [6.45, 7) is 4.57. The Balaban J connectivity index is 1.61. The molecular formula is C22H20N4O2. The molecule has 4 aromatic rings. The van der Waals surface area contributed by atoms with Crippen molar-refractivity contribution in [3.05, 3.63) is 82.9 Å². The van der Waals surface area contributed by atoms with Gasteiger partial charge in [-0.3, -0.25) is 9.78 Å². The third-order valence-corrected chi connectivity index (χ3v) is 5.47. The first kappa shape index (κ1) is 16.7. The molecule has 1 aliphatic heterocycles. The molecule has 3 aromatic heterocycles. The van der Waals surface area contributed by atoms with Gasteiger partial charge in [-0.05, 0) is 37.6 Å². The summed E-state index contributed by atoms with van der Waals surface area (Å²) in [5.41, 5.74) is 5.63. The fourth-order valence-electron chi connectivity index (χ4n) is 4.04. The summed E-state index contributed by atoms with van der Waals surface area (Å²) in [7, 11) is 0. The summed E-state index contributed by atoms with van der Waals surface area (Å²) in [6.07, 6.45) is 5.95. The van der Waals surface area contributed by atoms with E-state index in [4.69, 9.17) is 4.42 Å². The number of rotatable bonds is 2. The van der Waals surface area contributed by atoms with Crippen LogP contribution in [-0.4, -0.2) is 32.3 Å². The number of hydrogen-bond donors (Lipinski definition) is 1. The van der Waals surface area contributed by atoms with Crippen LogP contribution in [0, 0.1) is 13.8 Å². The summed E-state index contributed by atoms with van der Waals surface area (Å²) >= 11 is 0. The van der Waals surface area contributed by atoms with Gasteiger partial charge in [-0.25, -0.2) is 4.98 Å². The number of fused-ring (bicyclic) bond motifs is 2. The summed E-state index contributed by atoms with van der Waals surface area (Å²) in [5.74, 6) is 0.280. The molecule has 6 heteroatoms. The summed E-state index contributed by atoms with van der Waals surface area (Å²) in [6, 6.07) is 9.56. The lowest BCUT2D eigenvalue weighted by Gasteiger charge is -2.34. The lowest BCUT2D eigenvalue weighted by molar-refractivity contribution is 0.0659. The van der Waals surface area contributed by atoms with Crippen LogP contribution in [0.5, 0.6) is 0 Å². The van der Waals surface area contributed by atoms with Crippen LogP contribution in [0.4, 0.5) is 0 Å². The highest BCUT2D eigenvalue weighted by molar-refractivity contribution is 5.99. The standard InChI is InChI=1S/C22H20N4O2/c1-13-5-6-18-16(10-13)14(2)21(28-18)22(27)26-9-7-17-19(25-12-24-17)20(26)15-4-3-8-23-11-15/h3-6,8,10-12,20H,7,9H2,1-2H3,(H,24,25). The lowest BCUT2D eigenvalue weighted by Crippen LogP contribution is -2.40. The summed E-state index contributed by atoms with van der Waals surface area (Å²) in [4.78, 5) is 27.4. The molecule has 6 nitrogen and oxygen atoms in total. The van der Waals surface area contributed by atoms with Crippen molar-refractivity contribution in [1.82, 2.24) is 19.9 Å². The first-order chi connectivity index (χ1) is 13.6. The Morgan fingerprint density at radius 2 is 2.18 bits per heavy atom. The van der Waals surface area contributed by atoms with Crippen molar-refractivity contribution in [2.45, 2.75) is 26.3 Å². The fourth-order valence-corrected chi connectivity index (χ4v) is 4.04. The Bertz CT molecular complexity index is 1180. The van der Waals surface area contributed by atoms with Crippen LogP contribution in [0.25, 0.3) is 11.0 Å². The maximum atomic E-state index is 13.6. The van der Waals surface area contributed by atoms with Gasteiger partial charge in [0.2, 0.25) is 0 Å². The van der Waals surface area contributed by atoms with E-state index in [0.717, 1.165) is 45.5 Å². The Kier molecular flexibility index (Phi) is 3.79. The number of carbonyl (C=O) groups is 1. The minimum Gasteiger partial charge on any atom is -0.451 e. The molecule has 0 fully saturated rings. The monoisotopic (exact) mass is 372 g/mol. The zero-order chi connectivity index (χ0) is 19.3. The maximum absolute atomic E-state index is 13.6. The van der Waals surface area contributed by atoms with Crippen molar-refractivity contribution in [2.24, 2.45) is 0 Å². The zero-order valence-electron chi connectivity index (χ0n) is 15.8. The van der Waals surface area contributed by atoms with Crippen LogP contribution in [-0.2, 0) is 6.42 Å². The average molecular weight is 372 g/mol. The van der Waals surface area contributed by atoms with E-state index < -0.39 is 0 Å². The molecule has 0 saturated heterocycles. The SMILES string of the molecule is Cc1ccc2oc(C(=O)N3CCc4[nH]cnc4C3c3cccnc3)c(C)c2c1. The number of aromatic amines is 1. The second-order valence-electron chi connectivity index (χ2n) is 7.26. The molecule has 0 aliphatic carbocycles. The molecule has 0 radical (unpaired) electrons. The lowest BCUT2D eigenvalue weighted by atomic mass is 9.96. The van der Waals surface area contributed by atoms with E-state index in [-0.39, 0.29) is 11.9 Å². The molecule has 28 heavy (non-hydrogen) atoms. The Morgan fingerprint density at radius 1 is 1.29 bits per heavy atom. The maximum Gasteiger partial charge on any atom is 0.290 e. The third-order valence-electron chi connectivity index (χ3n) is 5.47. The minimum atomic E-state index is -0.287. The van der Waals surface area contributed by atoms with Gasteiger partial charge in [-0.15, -0.1) is 0 Å². The van der Waals surface area contributed by atoms with E-state index in [9.17, 15) is 4.79 Å². The van der Waals surface area contributed by atoms with Gasteiger partial charge in [0.25, 0.3) is 5.91 Å². The molecule has 1 N–H and O–H groups in total.